The first-order valence-electron chi connectivity index (χ1n) is 9.09. The highest BCUT2D eigenvalue weighted by atomic mass is 35.5. The number of ether oxygens (including phenoxy) is 2. The fourth-order valence-electron chi connectivity index (χ4n) is 3.24. The maximum absolute atomic E-state index is 9.70. The number of aromatic hydroxyl groups is 1. The van der Waals surface area contributed by atoms with Gasteiger partial charge in [-0.15, -0.1) is 5.10 Å². The second-order valence-electron chi connectivity index (χ2n) is 6.55. The van der Waals surface area contributed by atoms with Crippen molar-refractivity contribution in [2.24, 2.45) is 0 Å². The smallest absolute Gasteiger partial charge is 0.233 e. The topological polar surface area (TPSA) is 80.0 Å². The summed E-state index contributed by atoms with van der Waals surface area (Å²) >= 11 is 3.64. The minimum atomic E-state index is 0.263. The van der Waals surface area contributed by atoms with Gasteiger partial charge in [0.15, 0.2) is 0 Å². The Labute approximate surface area is 168 Å². The monoisotopic (exact) mass is 405 g/mol. The molecule has 7 nitrogen and oxygen atoms in total. The molecule has 0 spiro atoms. The quantitative estimate of drug-likeness (QED) is 0.679. The fourth-order valence-corrected chi connectivity index (χ4v) is 3.24. The summed E-state index contributed by atoms with van der Waals surface area (Å²) in [7, 11) is 0. The molecule has 4 rings (SSSR count). The maximum Gasteiger partial charge on any atom is 0.233 e. The molecule has 0 radical (unpaired) electrons. The third kappa shape index (κ3) is 4.94. The summed E-state index contributed by atoms with van der Waals surface area (Å²) in [5.41, 5.74) is 1.95. The molecule has 3 aromatic rings. The Morgan fingerprint density at radius 1 is 1.07 bits per heavy atom. The lowest BCUT2D eigenvalue weighted by atomic mass is 10.1. The van der Waals surface area contributed by atoms with Gasteiger partial charge in [0, 0.05) is 31.4 Å². The zero-order valence-corrected chi connectivity index (χ0v) is 16.5. The van der Waals surface area contributed by atoms with Crippen LogP contribution < -0.4 is 4.74 Å². The van der Waals surface area contributed by atoms with Crippen molar-refractivity contribution in [1.29, 1.82) is 0 Å². The lowest BCUT2D eigenvalue weighted by Gasteiger charge is -2.26. The van der Waals surface area contributed by atoms with E-state index in [1.165, 1.54) is 0 Å². The molecule has 0 amide bonds. The van der Waals surface area contributed by atoms with Crippen LogP contribution in [0.1, 0.15) is 5.69 Å². The molecule has 2 aromatic carbocycles. The van der Waals surface area contributed by atoms with Crippen LogP contribution in [-0.2, 0) is 4.74 Å². The summed E-state index contributed by atoms with van der Waals surface area (Å²) < 4.78 is 19.5. The highest BCUT2D eigenvalue weighted by Gasteiger charge is 2.12. The molecule has 1 aliphatic rings. The third-order valence-electron chi connectivity index (χ3n) is 4.68. The van der Waals surface area contributed by atoms with Crippen molar-refractivity contribution >= 4 is 22.6 Å². The molecule has 28 heavy (non-hydrogen) atoms. The average Bonchev–Trinajstić information content (AvgIpc) is 3.10. The van der Waals surface area contributed by atoms with Crippen LogP contribution in [0.2, 0.25) is 0 Å². The number of aromatic nitrogens is 2. The molecule has 0 bridgehead atoms. The Morgan fingerprint density at radius 2 is 1.82 bits per heavy atom. The van der Waals surface area contributed by atoms with Gasteiger partial charge in [-0.1, -0.05) is 12.1 Å². The third-order valence-corrected chi connectivity index (χ3v) is 4.68. The zero-order chi connectivity index (χ0) is 19.9. The highest BCUT2D eigenvalue weighted by molar-refractivity contribution is 6.04. The Hall–Kier alpha value is -2.32. The van der Waals surface area contributed by atoms with Crippen molar-refractivity contribution in [3.05, 3.63) is 48.2 Å². The number of nitrogens with zero attached hydrogens (tertiary/aromatic N) is 3. The predicted octanol–water partition coefficient (Wildman–Crippen LogP) is 2.88. The van der Waals surface area contributed by atoms with Crippen LogP contribution in [0, 0.1) is 6.92 Å². The molecule has 0 saturated carbocycles. The molecule has 1 saturated heterocycles. The van der Waals surface area contributed by atoms with Gasteiger partial charge in [-0.2, -0.15) is 0 Å². The van der Waals surface area contributed by atoms with E-state index in [1.807, 2.05) is 41.9 Å². The van der Waals surface area contributed by atoms with Gasteiger partial charge >= 0.3 is 0 Å². The largest absolute Gasteiger partial charge is 0.508 e. The lowest BCUT2D eigenvalue weighted by molar-refractivity contribution is 0.0320. The molecule has 1 aromatic heterocycles. The van der Waals surface area contributed by atoms with E-state index in [0.717, 1.165) is 55.0 Å². The Bertz CT molecular complexity index is 910. The Morgan fingerprint density at radius 3 is 2.61 bits per heavy atom. The van der Waals surface area contributed by atoms with E-state index in [4.69, 9.17) is 14.1 Å². The zero-order valence-electron chi connectivity index (χ0n) is 15.7. The second kappa shape index (κ2) is 9.75. The van der Waals surface area contributed by atoms with Gasteiger partial charge in [-0.3, -0.25) is 9.56 Å². The molecule has 1 fully saturated rings. The number of halogens is 1. The van der Waals surface area contributed by atoms with Gasteiger partial charge < -0.3 is 14.6 Å². The molecule has 0 unspecified atom stereocenters. The molecule has 8 heteroatoms. The van der Waals surface area contributed by atoms with Crippen LogP contribution in [0.3, 0.4) is 0 Å². The number of phenolic OH excluding ortho intramolecular Hbond substituents is 1. The maximum atomic E-state index is 9.70. The van der Waals surface area contributed by atoms with Crippen LogP contribution in [0.25, 0.3) is 16.5 Å². The average molecular weight is 406 g/mol. The van der Waals surface area contributed by atoms with E-state index < -0.39 is 0 Å². The first-order valence-corrected chi connectivity index (χ1v) is 9.42. The van der Waals surface area contributed by atoms with E-state index >= 15 is 0 Å². The minimum absolute atomic E-state index is 0.263. The van der Waals surface area contributed by atoms with Gasteiger partial charge in [-0.25, -0.2) is 4.68 Å². The predicted molar refractivity (Wildman–Crippen MR) is 108 cm³/mol. The number of fused-ring (bicyclic) bond motifs is 1. The molecule has 1 aliphatic heterocycles. The normalized spacial score (nSPS) is 14.5. The summed E-state index contributed by atoms with van der Waals surface area (Å²) in [5, 5.41) is 16.3. The molecule has 150 valence electrons. The van der Waals surface area contributed by atoms with E-state index in [-0.39, 0.29) is 5.75 Å². The van der Waals surface area contributed by atoms with Crippen molar-refractivity contribution in [3.63, 3.8) is 0 Å². The summed E-state index contributed by atoms with van der Waals surface area (Å²) in [4.78, 5) is 2.34. The first kappa shape index (κ1) is 20.4. The summed E-state index contributed by atoms with van der Waals surface area (Å²) in [6.45, 7) is 7.01. The molecular weight excluding hydrogens is 382 g/mol. The number of rotatable bonds is 5. The highest BCUT2D eigenvalue weighted by Crippen LogP contribution is 2.24. The Kier molecular flexibility index (Phi) is 7.11. The summed E-state index contributed by atoms with van der Waals surface area (Å²) in [6, 6.07) is 13.4. The van der Waals surface area contributed by atoms with Gasteiger partial charge in [0.25, 0.3) is 0 Å². The standard InChI is InChI=1S/C20H23N3O3.ClHO/c1-15-12-20(26-11-8-22-6-9-25-10-7-22)21-23(15)18-4-2-16-3-5-19(24)14-17(16)13-18;1-2/h2-5,12-14,24H,6-11H2,1H3;2H. The first-order chi connectivity index (χ1) is 13.7. The Balaban J connectivity index is 0.00000109. The van der Waals surface area contributed by atoms with Crippen molar-refractivity contribution in [2.75, 3.05) is 39.5 Å². The SMILES string of the molecule is Cc1cc(OCCN2CCOCC2)nn1-c1ccc2ccc(O)cc2c1.OCl. The lowest BCUT2D eigenvalue weighted by Crippen LogP contribution is -2.38. The van der Waals surface area contributed by atoms with E-state index in [0.29, 0.717) is 12.5 Å². The number of morpholine rings is 1. The van der Waals surface area contributed by atoms with Gasteiger partial charge in [0.1, 0.15) is 12.4 Å². The van der Waals surface area contributed by atoms with Crippen LogP contribution in [-0.4, -0.2) is 63.9 Å². The van der Waals surface area contributed by atoms with Crippen LogP contribution in [0.4, 0.5) is 0 Å². The molecular formula is C20H24ClN3O4. The molecule has 0 aliphatic carbocycles. The fraction of sp³-hybridized carbons (Fsp3) is 0.350. The van der Waals surface area contributed by atoms with Crippen molar-refractivity contribution < 1.29 is 19.2 Å². The second-order valence-corrected chi connectivity index (χ2v) is 6.55. The van der Waals surface area contributed by atoms with Crippen molar-refractivity contribution in [2.45, 2.75) is 6.92 Å². The molecule has 2 N–H and O–H groups in total. The van der Waals surface area contributed by atoms with Gasteiger partial charge in [-0.05, 0) is 42.0 Å². The summed E-state index contributed by atoms with van der Waals surface area (Å²) in [5.74, 6) is 0.894. The van der Waals surface area contributed by atoms with Crippen LogP contribution in [0.15, 0.2) is 42.5 Å². The number of aryl methyl sites for hydroxylation is 1. The minimum Gasteiger partial charge on any atom is -0.508 e. The number of benzene rings is 2. The van der Waals surface area contributed by atoms with Crippen molar-refractivity contribution in [3.8, 4) is 17.3 Å². The number of phenols is 1. The van der Waals surface area contributed by atoms with Crippen LogP contribution in [0.5, 0.6) is 11.6 Å². The van der Waals surface area contributed by atoms with E-state index in [2.05, 4.69) is 21.9 Å². The number of hydrogen-bond donors (Lipinski definition) is 2. The summed E-state index contributed by atoms with van der Waals surface area (Å²) in [6.07, 6.45) is 0. The molecule has 0 atom stereocenters. The van der Waals surface area contributed by atoms with Gasteiger partial charge in [0.2, 0.25) is 5.88 Å². The number of hydrogen-bond acceptors (Lipinski definition) is 6. The van der Waals surface area contributed by atoms with Crippen LogP contribution >= 0.6 is 11.9 Å². The van der Waals surface area contributed by atoms with Crippen molar-refractivity contribution in [1.82, 2.24) is 14.7 Å². The van der Waals surface area contributed by atoms with E-state index in [9.17, 15) is 5.11 Å². The van der Waals surface area contributed by atoms with Gasteiger partial charge in [0.05, 0.1) is 30.8 Å². The molecule has 2 heterocycles. The van der Waals surface area contributed by atoms with E-state index in [1.54, 1.807) is 12.1 Å².